The van der Waals surface area contributed by atoms with Gasteiger partial charge in [0.05, 0.1) is 6.20 Å². The van der Waals surface area contributed by atoms with Crippen LogP contribution in [-0.2, 0) is 0 Å². The quantitative estimate of drug-likeness (QED) is 0.651. The van der Waals surface area contributed by atoms with Crippen LogP contribution in [0.5, 0.6) is 11.5 Å². The number of hydrogen-bond donors (Lipinski definition) is 0. The van der Waals surface area contributed by atoms with Crippen LogP contribution < -0.4 is 4.74 Å². The van der Waals surface area contributed by atoms with Crippen molar-refractivity contribution >= 4 is 15.9 Å². The minimum absolute atomic E-state index is 0.713. The Morgan fingerprint density at radius 3 is 2.35 bits per heavy atom. The molecule has 0 fully saturated rings. The molecule has 0 saturated carbocycles. The fourth-order valence-electron chi connectivity index (χ4n) is 1.95. The third-order valence-corrected chi connectivity index (χ3v) is 3.29. The molecule has 3 rings (SSSR count). The van der Waals surface area contributed by atoms with Crippen molar-refractivity contribution in [1.82, 2.24) is 4.98 Å². The molecule has 3 aromatic rings. The zero-order valence-electron chi connectivity index (χ0n) is 10.7. The molecule has 1 aromatic heterocycles. The zero-order valence-corrected chi connectivity index (χ0v) is 12.2. The van der Waals surface area contributed by atoms with E-state index >= 15 is 0 Å². The fourth-order valence-corrected chi connectivity index (χ4v) is 2.30. The third kappa shape index (κ3) is 3.06. The molecule has 2 aromatic carbocycles. The van der Waals surface area contributed by atoms with Gasteiger partial charge in [-0.25, -0.2) is 0 Å². The second kappa shape index (κ2) is 5.88. The summed E-state index contributed by atoms with van der Waals surface area (Å²) in [6, 6.07) is 20.1. The van der Waals surface area contributed by atoms with E-state index in [1.54, 1.807) is 12.4 Å². The number of hydrogen-bond acceptors (Lipinski definition) is 2. The molecule has 2 nitrogen and oxygen atoms in total. The topological polar surface area (TPSA) is 22.1 Å². The number of rotatable bonds is 3. The summed E-state index contributed by atoms with van der Waals surface area (Å²) in [5.74, 6) is 1.51. The van der Waals surface area contributed by atoms with Gasteiger partial charge < -0.3 is 4.74 Å². The molecule has 0 spiro atoms. The van der Waals surface area contributed by atoms with E-state index in [0.29, 0.717) is 5.75 Å². The first-order valence-electron chi connectivity index (χ1n) is 6.25. The van der Waals surface area contributed by atoms with Crippen LogP contribution in [-0.4, -0.2) is 4.98 Å². The van der Waals surface area contributed by atoms with Crippen molar-refractivity contribution in [2.45, 2.75) is 0 Å². The Hall–Kier alpha value is -2.13. The Morgan fingerprint density at radius 2 is 1.55 bits per heavy atom. The molecule has 1 heterocycles. The Bertz CT molecular complexity index is 713. The highest BCUT2D eigenvalue weighted by atomic mass is 79.9. The molecule has 0 unspecified atom stereocenters. The minimum Gasteiger partial charge on any atom is -0.456 e. The van der Waals surface area contributed by atoms with Gasteiger partial charge in [0.2, 0.25) is 0 Å². The van der Waals surface area contributed by atoms with E-state index in [1.165, 1.54) is 5.56 Å². The summed E-state index contributed by atoms with van der Waals surface area (Å²) in [6.45, 7) is 0. The van der Waals surface area contributed by atoms with Gasteiger partial charge in [-0.05, 0) is 45.3 Å². The van der Waals surface area contributed by atoms with Gasteiger partial charge in [0.1, 0.15) is 11.5 Å². The van der Waals surface area contributed by atoms with Crippen LogP contribution in [0.25, 0.3) is 11.1 Å². The predicted molar refractivity (Wildman–Crippen MR) is 83.9 cm³/mol. The molecule has 0 bridgehead atoms. The van der Waals surface area contributed by atoms with E-state index in [2.05, 4.69) is 39.1 Å². The maximum atomic E-state index is 5.83. The van der Waals surface area contributed by atoms with E-state index < -0.39 is 0 Å². The number of halogens is 1. The van der Waals surface area contributed by atoms with E-state index in [1.807, 2.05) is 42.5 Å². The number of ether oxygens (including phenoxy) is 1. The van der Waals surface area contributed by atoms with Crippen LogP contribution in [0.15, 0.2) is 77.5 Å². The van der Waals surface area contributed by atoms with E-state index in [9.17, 15) is 0 Å². The SMILES string of the molecule is Brc1cncc(Oc2cccc(-c3ccccc3)c2)c1. The van der Waals surface area contributed by atoms with Crippen LogP contribution in [0.2, 0.25) is 0 Å². The van der Waals surface area contributed by atoms with Gasteiger partial charge in [-0.2, -0.15) is 0 Å². The molecule has 20 heavy (non-hydrogen) atoms. The monoisotopic (exact) mass is 325 g/mol. The lowest BCUT2D eigenvalue weighted by Gasteiger charge is -2.08. The van der Waals surface area contributed by atoms with Crippen molar-refractivity contribution < 1.29 is 4.74 Å². The normalized spacial score (nSPS) is 10.2. The first-order chi connectivity index (χ1) is 9.81. The number of pyridine rings is 1. The number of benzene rings is 2. The summed E-state index contributed by atoms with van der Waals surface area (Å²) >= 11 is 3.38. The van der Waals surface area contributed by atoms with Crippen molar-refractivity contribution in [3.05, 3.63) is 77.5 Å². The third-order valence-electron chi connectivity index (χ3n) is 2.86. The van der Waals surface area contributed by atoms with Gasteiger partial charge in [-0.3, -0.25) is 4.98 Å². The lowest BCUT2D eigenvalue weighted by atomic mass is 10.1. The standard InChI is InChI=1S/C17H12BrNO/c18-15-10-17(12-19-11-15)20-16-8-4-7-14(9-16)13-5-2-1-3-6-13/h1-12H. The van der Waals surface area contributed by atoms with Crippen LogP contribution in [0.4, 0.5) is 0 Å². The lowest BCUT2D eigenvalue weighted by Crippen LogP contribution is -1.86. The number of aromatic nitrogens is 1. The lowest BCUT2D eigenvalue weighted by molar-refractivity contribution is 0.480. The molecule has 0 radical (unpaired) electrons. The van der Waals surface area contributed by atoms with Crippen LogP contribution in [0.3, 0.4) is 0 Å². The molecular formula is C17H12BrNO. The van der Waals surface area contributed by atoms with Crippen LogP contribution >= 0.6 is 15.9 Å². The van der Waals surface area contributed by atoms with Crippen LogP contribution in [0, 0.1) is 0 Å². The van der Waals surface area contributed by atoms with Crippen molar-refractivity contribution in [2.75, 3.05) is 0 Å². The van der Waals surface area contributed by atoms with Gasteiger partial charge in [0.25, 0.3) is 0 Å². The maximum Gasteiger partial charge on any atom is 0.146 e. The summed E-state index contributed by atoms with van der Waals surface area (Å²) in [7, 11) is 0. The largest absolute Gasteiger partial charge is 0.456 e. The van der Waals surface area contributed by atoms with Gasteiger partial charge in [0.15, 0.2) is 0 Å². The molecule has 0 aliphatic carbocycles. The van der Waals surface area contributed by atoms with Crippen molar-refractivity contribution in [1.29, 1.82) is 0 Å². The number of nitrogens with zero attached hydrogens (tertiary/aromatic N) is 1. The molecule has 0 saturated heterocycles. The van der Waals surface area contributed by atoms with E-state index in [4.69, 9.17) is 4.74 Å². The molecule has 0 amide bonds. The maximum absolute atomic E-state index is 5.83. The smallest absolute Gasteiger partial charge is 0.146 e. The zero-order chi connectivity index (χ0) is 13.8. The van der Waals surface area contributed by atoms with E-state index in [0.717, 1.165) is 15.8 Å². The second-order valence-electron chi connectivity index (χ2n) is 4.33. The molecule has 3 heteroatoms. The van der Waals surface area contributed by atoms with Crippen molar-refractivity contribution in [2.24, 2.45) is 0 Å². The molecular weight excluding hydrogens is 314 g/mol. The highest BCUT2D eigenvalue weighted by Gasteiger charge is 2.02. The summed E-state index contributed by atoms with van der Waals surface area (Å²) in [6.07, 6.45) is 3.42. The summed E-state index contributed by atoms with van der Waals surface area (Å²) in [4.78, 5) is 4.09. The molecule has 0 atom stereocenters. The second-order valence-corrected chi connectivity index (χ2v) is 5.25. The minimum atomic E-state index is 0.713. The summed E-state index contributed by atoms with van der Waals surface area (Å²) in [5, 5.41) is 0. The van der Waals surface area contributed by atoms with Gasteiger partial charge in [-0.15, -0.1) is 0 Å². The Balaban J connectivity index is 1.88. The Kier molecular flexibility index (Phi) is 3.79. The van der Waals surface area contributed by atoms with E-state index in [-0.39, 0.29) is 0 Å². The summed E-state index contributed by atoms with van der Waals surface area (Å²) < 4.78 is 6.73. The molecule has 98 valence electrons. The first-order valence-corrected chi connectivity index (χ1v) is 7.04. The first kappa shape index (κ1) is 12.9. The summed E-state index contributed by atoms with van der Waals surface area (Å²) in [5.41, 5.74) is 2.30. The van der Waals surface area contributed by atoms with Crippen LogP contribution in [0.1, 0.15) is 0 Å². The van der Waals surface area contributed by atoms with Gasteiger partial charge in [-0.1, -0.05) is 42.5 Å². The van der Waals surface area contributed by atoms with Crippen molar-refractivity contribution in [3.8, 4) is 22.6 Å². The predicted octanol–water partition coefficient (Wildman–Crippen LogP) is 5.30. The van der Waals surface area contributed by atoms with Crippen molar-refractivity contribution in [3.63, 3.8) is 0 Å². The molecule has 0 N–H and O–H groups in total. The van der Waals surface area contributed by atoms with Gasteiger partial charge >= 0.3 is 0 Å². The van der Waals surface area contributed by atoms with Gasteiger partial charge in [0, 0.05) is 10.7 Å². The fraction of sp³-hybridized carbons (Fsp3) is 0. The highest BCUT2D eigenvalue weighted by Crippen LogP contribution is 2.27. The molecule has 0 aliphatic rings. The Labute approximate surface area is 126 Å². The molecule has 0 aliphatic heterocycles. The average Bonchev–Trinajstić information content (AvgIpc) is 2.48. The average molecular weight is 326 g/mol. The highest BCUT2D eigenvalue weighted by molar-refractivity contribution is 9.10. The Morgan fingerprint density at radius 1 is 0.750 bits per heavy atom.